The molecular weight excluding hydrogens is 731 g/mol. The van der Waals surface area contributed by atoms with Crippen LogP contribution in [-0.2, 0) is 16.2 Å². The van der Waals surface area contributed by atoms with Crippen LogP contribution >= 0.6 is 11.3 Å². The first-order valence-electron chi connectivity index (χ1n) is 22.1. The van der Waals surface area contributed by atoms with Crippen molar-refractivity contribution in [2.45, 2.75) is 124 Å². The minimum absolute atomic E-state index is 0.0707. The summed E-state index contributed by atoms with van der Waals surface area (Å²) in [4.78, 5) is 5.26. The van der Waals surface area contributed by atoms with Crippen molar-refractivity contribution >= 4 is 83.5 Å². The van der Waals surface area contributed by atoms with E-state index in [4.69, 9.17) is 0 Å². The summed E-state index contributed by atoms with van der Waals surface area (Å²) in [5.74, 6) is 0.421. The van der Waals surface area contributed by atoms with Gasteiger partial charge in [-0.25, -0.2) is 0 Å². The zero-order chi connectivity index (χ0) is 41.3. The summed E-state index contributed by atoms with van der Waals surface area (Å²) in [5.41, 5.74) is 21.9. The Kier molecular flexibility index (Phi) is 8.69. The zero-order valence-corrected chi connectivity index (χ0v) is 37.9. The van der Waals surface area contributed by atoms with E-state index in [9.17, 15) is 0 Å². The number of fused-ring (bicyclic) bond motifs is 7. The van der Waals surface area contributed by atoms with Gasteiger partial charge >= 0.3 is 0 Å². The third-order valence-corrected chi connectivity index (χ3v) is 15.4. The first kappa shape index (κ1) is 38.4. The number of nitrogens with zero attached hydrogens (tertiary/aromatic N) is 2. The van der Waals surface area contributed by atoms with Crippen LogP contribution in [0, 0.1) is 13.8 Å². The molecule has 4 heteroatoms. The van der Waals surface area contributed by atoms with E-state index in [0.717, 1.165) is 12.8 Å². The van der Waals surface area contributed by atoms with Crippen molar-refractivity contribution in [3.8, 4) is 0 Å². The lowest BCUT2D eigenvalue weighted by Crippen LogP contribution is -2.60. The fraction of sp³-hybridized carbons (Fsp3) is 0.345. The van der Waals surface area contributed by atoms with Crippen LogP contribution in [0.15, 0.2) is 103 Å². The highest BCUT2D eigenvalue weighted by Gasteiger charge is 2.47. The molecule has 10 rings (SSSR count). The van der Waals surface area contributed by atoms with E-state index in [0.29, 0.717) is 5.92 Å². The van der Waals surface area contributed by atoms with E-state index in [1.165, 1.54) is 117 Å². The summed E-state index contributed by atoms with van der Waals surface area (Å²) in [5, 5.41) is 1.39. The van der Waals surface area contributed by atoms with Gasteiger partial charge < -0.3 is 9.80 Å². The summed E-state index contributed by atoms with van der Waals surface area (Å²) < 4.78 is 2.86. The number of allylic oxidation sites excluding steroid dienone is 4. The number of rotatable bonds is 4. The van der Waals surface area contributed by atoms with E-state index >= 15 is 0 Å². The number of hydrogen-bond donors (Lipinski definition) is 0. The summed E-state index contributed by atoms with van der Waals surface area (Å²) in [6.45, 7) is 26.2. The third-order valence-electron chi connectivity index (χ3n) is 14.2. The van der Waals surface area contributed by atoms with E-state index < -0.39 is 0 Å². The van der Waals surface area contributed by atoms with Crippen LogP contribution in [0.25, 0.3) is 15.7 Å². The van der Waals surface area contributed by atoms with Gasteiger partial charge in [0.2, 0.25) is 0 Å². The van der Waals surface area contributed by atoms with Gasteiger partial charge in [0.25, 0.3) is 6.71 Å². The number of anilines is 6. The fourth-order valence-electron chi connectivity index (χ4n) is 10.6. The van der Waals surface area contributed by atoms with Crippen molar-refractivity contribution in [2.24, 2.45) is 0 Å². The molecule has 2 aliphatic carbocycles. The molecule has 0 amide bonds. The van der Waals surface area contributed by atoms with E-state index in [1.807, 2.05) is 11.3 Å². The van der Waals surface area contributed by atoms with Crippen LogP contribution in [0.2, 0.25) is 0 Å². The van der Waals surface area contributed by atoms with E-state index in [1.54, 1.807) is 0 Å². The molecule has 1 aromatic heterocycles. The predicted octanol–water partition coefficient (Wildman–Crippen LogP) is 14.1. The maximum absolute atomic E-state index is 2.66. The summed E-state index contributed by atoms with van der Waals surface area (Å²) >= 11 is 2.05. The highest BCUT2D eigenvalue weighted by molar-refractivity contribution is 7.33. The molecule has 0 fully saturated rings. The van der Waals surface area contributed by atoms with Gasteiger partial charge in [-0.05, 0) is 172 Å². The van der Waals surface area contributed by atoms with Crippen LogP contribution in [0.1, 0.15) is 133 Å². The van der Waals surface area contributed by atoms with Crippen molar-refractivity contribution < 1.29 is 0 Å². The van der Waals surface area contributed by atoms with Crippen molar-refractivity contribution in [3.05, 3.63) is 142 Å². The minimum atomic E-state index is 0.0707. The predicted molar refractivity (Wildman–Crippen MR) is 260 cm³/mol. The van der Waals surface area contributed by atoms with Crippen molar-refractivity contribution in [1.82, 2.24) is 0 Å². The highest BCUT2D eigenvalue weighted by atomic mass is 32.1. The molecule has 2 nitrogen and oxygen atoms in total. The fourth-order valence-corrected chi connectivity index (χ4v) is 12.0. The van der Waals surface area contributed by atoms with Crippen molar-refractivity contribution in [1.29, 1.82) is 0 Å². The topological polar surface area (TPSA) is 6.48 Å². The number of thiophene rings is 1. The van der Waals surface area contributed by atoms with Gasteiger partial charge in [-0.3, -0.25) is 0 Å². The lowest BCUT2D eigenvalue weighted by molar-refractivity contribution is 0.332. The molecule has 0 spiro atoms. The van der Waals surface area contributed by atoms with Crippen LogP contribution < -0.4 is 25.5 Å². The second-order valence-electron chi connectivity index (χ2n) is 20.7. The quantitative estimate of drug-likeness (QED) is 0.164. The van der Waals surface area contributed by atoms with Gasteiger partial charge in [0.15, 0.2) is 0 Å². The van der Waals surface area contributed by atoms with Gasteiger partial charge in [-0.15, -0.1) is 11.3 Å². The Bertz CT molecular complexity index is 2770. The zero-order valence-electron chi connectivity index (χ0n) is 37.1. The SMILES string of the molecule is Cc1cc2c3c(c1)N(c1ccc(C(C)(C)C)cc1)c1c(sc4cc5c(cc14)C(C)(C)CCC5(C)C)B3c1cc(C(C)C)ccc1N2c1ccc(C2=CCCC=C2)cc1C. The minimum Gasteiger partial charge on any atom is -0.311 e. The maximum atomic E-state index is 2.66. The van der Waals surface area contributed by atoms with Gasteiger partial charge in [0.05, 0.1) is 5.69 Å². The molecule has 2 aliphatic heterocycles. The molecule has 0 radical (unpaired) electrons. The van der Waals surface area contributed by atoms with Crippen LogP contribution in [0.3, 0.4) is 0 Å². The average Bonchev–Trinajstić information content (AvgIpc) is 3.57. The Labute approximate surface area is 357 Å². The van der Waals surface area contributed by atoms with E-state index in [2.05, 4.69) is 189 Å². The lowest BCUT2D eigenvalue weighted by Gasteiger charge is -2.44. The molecule has 5 aromatic carbocycles. The molecule has 0 saturated heterocycles. The van der Waals surface area contributed by atoms with Crippen LogP contribution in [-0.4, -0.2) is 6.71 Å². The Hall–Kier alpha value is -4.80. The largest absolute Gasteiger partial charge is 0.311 e. The number of benzene rings is 5. The first-order valence-corrected chi connectivity index (χ1v) is 22.9. The van der Waals surface area contributed by atoms with Crippen molar-refractivity contribution in [2.75, 3.05) is 9.80 Å². The third kappa shape index (κ3) is 6.02. The Morgan fingerprint density at radius 3 is 2.03 bits per heavy atom. The monoisotopic (exact) mass is 790 g/mol. The normalized spacial score (nSPS) is 17.5. The molecule has 0 atom stereocenters. The molecule has 3 heterocycles. The maximum Gasteiger partial charge on any atom is 0.264 e. The van der Waals surface area contributed by atoms with Gasteiger partial charge in [-0.1, -0.05) is 111 Å². The van der Waals surface area contributed by atoms with E-state index in [-0.39, 0.29) is 23.0 Å². The van der Waals surface area contributed by atoms with Crippen molar-refractivity contribution in [3.63, 3.8) is 0 Å². The first-order chi connectivity index (χ1) is 28.0. The second-order valence-corrected chi connectivity index (χ2v) is 21.8. The molecule has 0 saturated carbocycles. The van der Waals surface area contributed by atoms with Gasteiger partial charge in [-0.2, -0.15) is 0 Å². The molecule has 298 valence electrons. The molecule has 6 aromatic rings. The molecule has 0 N–H and O–H groups in total. The summed E-state index contributed by atoms with van der Waals surface area (Å²) in [7, 11) is 0. The molecule has 59 heavy (non-hydrogen) atoms. The lowest BCUT2D eigenvalue weighted by atomic mass is 9.36. The average molecular weight is 791 g/mol. The smallest absolute Gasteiger partial charge is 0.264 e. The Morgan fingerprint density at radius 1 is 0.712 bits per heavy atom. The molecule has 4 aliphatic rings. The summed E-state index contributed by atoms with van der Waals surface area (Å²) in [6, 6.07) is 34.2. The molecular formula is C55H59BN2S. The Balaban J connectivity index is 1.29. The molecule has 0 unspecified atom stereocenters. The van der Waals surface area contributed by atoms with Gasteiger partial charge in [0.1, 0.15) is 0 Å². The van der Waals surface area contributed by atoms with Crippen LogP contribution in [0.4, 0.5) is 34.1 Å². The standard InChI is InChI=1S/C55H59BN2S/c1-33(2)37-17-24-46-44(30-37)56-50-47(27-34(3)28-48(50)58(46)45-23-18-38(29-35(45)4)36-15-13-12-14-16-36)57(40-21-19-39(20-22-40)53(5,6)7)51-41-31-42-43(32-49(41)59-52(51)56)55(10,11)26-25-54(42,8)9/h13,15-24,27-33H,12,14,25-26H2,1-11H3. The number of aryl methyl sites for hydroxylation is 2. The van der Waals surface area contributed by atoms with Gasteiger partial charge in [0, 0.05) is 43.3 Å². The number of hydrogen-bond acceptors (Lipinski definition) is 3. The summed E-state index contributed by atoms with van der Waals surface area (Å²) in [6.07, 6.45) is 11.6. The Morgan fingerprint density at radius 2 is 1.39 bits per heavy atom. The van der Waals surface area contributed by atoms with Crippen LogP contribution in [0.5, 0.6) is 0 Å². The second kappa shape index (κ2) is 13.4. The molecule has 0 bridgehead atoms. The highest BCUT2D eigenvalue weighted by Crippen LogP contribution is 2.53.